The fourth-order valence-corrected chi connectivity index (χ4v) is 3.53. The van der Waals surface area contributed by atoms with Gasteiger partial charge in [-0.15, -0.1) is 0 Å². The van der Waals surface area contributed by atoms with Crippen LogP contribution in [0.15, 0.2) is 42.5 Å². The lowest BCUT2D eigenvalue weighted by Gasteiger charge is -2.31. The number of hydrogen-bond acceptors (Lipinski definition) is 4. The molecule has 2 aromatic rings. The first-order chi connectivity index (χ1) is 13.6. The zero-order valence-electron chi connectivity index (χ0n) is 16.0. The minimum Gasteiger partial charge on any atom is -0.378 e. The number of carbonyl (C=O) groups is 2. The molecule has 6 heteroatoms. The Labute approximate surface area is 170 Å². The van der Waals surface area contributed by atoms with Gasteiger partial charge in [0.25, 0.3) is 0 Å². The fourth-order valence-electron chi connectivity index (χ4n) is 3.24. The van der Waals surface area contributed by atoms with Crippen molar-refractivity contribution in [2.24, 2.45) is 0 Å². The smallest absolute Gasteiger partial charge is 0.224 e. The molecule has 3 rings (SSSR count). The zero-order chi connectivity index (χ0) is 19.9. The average Bonchev–Trinajstić information content (AvgIpc) is 2.73. The monoisotopic (exact) mass is 400 g/mol. The molecule has 1 N–H and O–H groups in total. The summed E-state index contributed by atoms with van der Waals surface area (Å²) >= 11 is 6.39. The first-order valence-corrected chi connectivity index (χ1v) is 9.99. The number of nitrogens with zero attached hydrogens (tertiary/aromatic N) is 1. The lowest BCUT2D eigenvalue weighted by Crippen LogP contribution is -2.37. The Bertz CT molecular complexity index is 830. The number of hydrogen-bond donors (Lipinski definition) is 1. The molecule has 1 aliphatic rings. The van der Waals surface area contributed by atoms with Crippen molar-refractivity contribution in [2.45, 2.75) is 26.2 Å². The first kappa shape index (κ1) is 20.4. The van der Waals surface area contributed by atoms with Crippen molar-refractivity contribution < 1.29 is 14.3 Å². The highest BCUT2D eigenvalue weighted by molar-refractivity contribution is 6.34. The number of aryl methyl sites for hydroxylation is 1. The van der Waals surface area contributed by atoms with Crippen LogP contribution in [0.4, 0.5) is 11.4 Å². The van der Waals surface area contributed by atoms with E-state index in [0.717, 1.165) is 25.2 Å². The van der Waals surface area contributed by atoms with E-state index in [4.69, 9.17) is 16.3 Å². The molecule has 0 radical (unpaired) electrons. The van der Waals surface area contributed by atoms with Crippen LogP contribution in [0.1, 0.15) is 35.7 Å². The Morgan fingerprint density at radius 1 is 1.07 bits per heavy atom. The topological polar surface area (TPSA) is 58.6 Å². The van der Waals surface area contributed by atoms with E-state index in [2.05, 4.69) is 17.1 Å². The number of rotatable bonds is 7. The van der Waals surface area contributed by atoms with Gasteiger partial charge in [-0.2, -0.15) is 0 Å². The number of Topliss-reactive ketones (excluding diaryl/α,β-unsaturated/α-hetero) is 1. The average molecular weight is 401 g/mol. The molecule has 1 amide bonds. The second kappa shape index (κ2) is 9.71. The highest BCUT2D eigenvalue weighted by Gasteiger charge is 2.19. The van der Waals surface area contributed by atoms with E-state index in [0.29, 0.717) is 29.5 Å². The van der Waals surface area contributed by atoms with Crippen LogP contribution < -0.4 is 10.2 Å². The summed E-state index contributed by atoms with van der Waals surface area (Å²) in [6.07, 6.45) is 1.23. The molecular formula is C22H25ClN2O3. The van der Waals surface area contributed by atoms with E-state index in [1.165, 1.54) is 5.56 Å². The molecular weight excluding hydrogens is 376 g/mol. The lowest BCUT2D eigenvalue weighted by molar-refractivity contribution is -0.116. The number of para-hydroxylation sites is 1. The third-order valence-electron chi connectivity index (χ3n) is 4.85. The van der Waals surface area contributed by atoms with E-state index >= 15 is 0 Å². The number of amides is 1. The van der Waals surface area contributed by atoms with Crippen molar-refractivity contribution in [3.8, 4) is 0 Å². The molecule has 0 aromatic heterocycles. The van der Waals surface area contributed by atoms with Gasteiger partial charge in [0.05, 0.1) is 29.6 Å². The number of anilines is 2. The van der Waals surface area contributed by atoms with Gasteiger partial charge in [-0.3, -0.25) is 9.59 Å². The van der Waals surface area contributed by atoms with Gasteiger partial charge in [-0.05, 0) is 24.1 Å². The summed E-state index contributed by atoms with van der Waals surface area (Å²) in [4.78, 5) is 26.9. The third-order valence-corrected chi connectivity index (χ3v) is 5.16. The molecule has 0 atom stereocenters. The predicted octanol–water partition coefficient (Wildman–Crippen LogP) is 4.34. The number of morpholine rings is 1. The minimum absolute atomic E-state index is 0.0303. The Hall–Kier alpha value is -2.37. The van der Waals surface area contributed by atoms with Crippen molar-refractivity contribution in [1.82, 2.24) is 0 Å². The standard InChI is InChI=1S/C22H25ClN2O3/c1-2-16-6-8-17(9-7-16)20(26)10-11-21(27)24-19-5-3-4-18(23)22(19)25-12-14-28-15-13-25/h3-9H,2,10-15H2,1H3,(H,24,27). The molecule has 1 fully saturated rings. The van der Waals surface area contributed by atoms with Gasteiger partial charge in [-0.25, -0.2) is 0 Å². The number of ether oxygens (including phenoxy) is 1. The summed E-state index contributed by atoms with van der Waals surface area (Å²) in [5.74, 6) is -0.229. The Balaban J connectivity index is 1.61. The van der Waals surface area contributed by atoms with Gasteiger partial charge in [0, 0.05) is 31.5 Å². The maximum Gasteiger partial charge on any atom is 0.224 e. The van der Waals surface area contributed by atoms with Crippen LogP contribution in [0.25, 0.3) is 0 Å². The van der Waals surface area contributed by atoms with E-state index in [1.54, 1.807) is 0 Å². The Kier molecular flexibility index (Phi) is 7.06. The lowest BCUT2D eigenvalue weighted by atomic mass is 10.0. The number of ketones is 1. The van der Waals surface area contributed by atoms with Crippen molar-refractivity contribution in [3.05, 3.63) is 58.6 Å². The normalized spacial score (nSPS) is 14.0. The predicted molar refractivity (Wildman–Crippen MR) is 112 cm³/mol. The van der Waals surface area contributed by atoms with E-state index in [-0.39, 0.29) is 24.5 Å². The molecule has 1 saturated heterocycles. The summed E-state index contributed by atoms with van der Waals surface area (Å²) in [5.41, 5.74) is 3.30. The SMILES string of the molecule is CCc1ccc(C(=O)CCC(=O)Nc2cccc(Cl)c2N2CCOCC2)cc1. The maximum absolute atomic E-state index is 12.4. The van der Waals surface area contributed by atoms with Crippen LogP contribution in [-0.2, 0) is 16.0 Å². The first-order valence-electron chi connectivity index (χ1n) is 9.61. The van der Waals surface area contributed by atoms with E-state index < -0.39 is 0 Å². The number of benzene rings is 2. The van der Waals surface area contributed by atoms with E-state index in [1.807, 2.05) is 42.5 Å². The molecule has 1 aliphatic heterocycles. The third kappa shape index (κ3) is 5.12. The van der Waals surface area contributed by atoms with Crippen molar-refractivity contribution >= 4 is 34.7 Å². The zero-order valence-corrected chi connectivity index (χ0v) is 16.8. The molecule has 28 heavy (non-hydrogen) atoms. The van der Waals surface area contributed by atoms with Crippen LogP contribution in [0.2, 0.25) is 5.02 Å². The summed E-state index contributed by atoms with van der Waals surface area (Å²) in [6.45, 7) is 4.77. The van der Waals surface area contributed by atoms with Crippen LogP contribution in [0.3, 0.4) is 0 Å². The van der Waals surface area contributed by atoms with Gasteiger partial charge in [0.1, 0.15) is 0 Å². The largest absolute Gasteiger partial charge is 0.378 e. The van der Waals surface area contributed by atoms with Crippen molar-refractivity contribution in [2.75, 3.05) is 36.5 Å². The Morgan fingerprint density at radius 2 is 1.79 bits per heavy atom. The van der Waals surface area contributed by atoms with Crippen LogP contribution in [0, 0.1) is 0 Å². The van der Waals surface area contributed by atoms with Gasteiger partial charge in [0.2, 0.25) is 5.91 Å². The number of nitrogens with one attached hydrogen (secondary N) is 1. The summed E-state index contributed by atoms with van der Waals surface area (Å²) in [5, 5.41) is 3.51. The van der Waals surface area contributed by atoms with Crippen molar-refractivity contribution in [3.63, 3.8) is 0 Å². The quantitative estimate of drug-likeness (QED) is 0.702. The van der Waals surface area contributed by atoms with Crippen molar-refractivity contribution in [1.29, 1.82) is 0 Å². The van der Waals surface area contributed by atoms with Crippen LogP contribution >= 0.6 is 11.6 Å². The molecule has 0 saturated carbocycles. The summed E-state index contributed by atoms with van der Waals surface area (Å²) < 4.78 is 5.39. The maximum atomic E-state index is 12.4. The summed E-state index contributed by atoms with van der Waals surface area (Å²) in [7, 11) is 0. The molecule has 2 aromatic carbocycles. The van der Waals surface area contributed by atoms with Gasteiger partial charge < -0.3 is 15.0 Å². The summed E-state index contributed by atoms with van der Waals surface area (Å²) in [6, 6.07) is 13.0. The second-order valence-corrected chi connectivity index (χ2v) is 7.16. The number of halogens is 1. The highest BCUT2D eigenvalue weighted by Crippen LogP contribution is 2.34. The Morgan fingerprint density at radius 3 is 2.46 bits per heavy atom. The minimum atomic E-state index is -0.199. The molecule has 1 heterocycles. The molecule has 148 valence electrons. The number of carbonyl (C=O) groups excluding carboxylic acids is 2. The van der Waals surface area contributed by atoms with Gasteiger partial charge >= 0.3 is 0 Å². The fraction of sp³-hybridized carbons (Fsp3) is 0.364. The van der Waals surface area contributed by atoms with Crippen LogP contribution in [0.5, 0.6) is 0 Å². The molecule has 0 unspecified atom stereocenters. The molecule has 5 nitrogen and oxygen atoms in total. The molecule has 0 aliphatic carbocycles. The highest BCUT2D eigenvalue weighted by atomic mass is 35.5. The van der Waals surface area contributed by atoms with Crippen LogP contribution in [-0.4, -0.2) is 38.0 Å². The van der Waals surface area contributed by atoms with Gasteiger partial charge in [0.15, 0.2) is 5.78 Å². The van der Waals surface area contributed by atoms with E-state index in [9.17, 15) is 9.59 Å². The molecule has 0 spiro atoms. The second-order valence-electron chi connectivity index (χ2n) is 6.76. The van der Waals surface area contributed by atoms with Gasteiger partial charge in [-0.1, -0.05) is 48.9 Å². The molecule has 0 bridgehead atoms.